The number of halogens is 2. The van der Waals surface area contributed by atoms with E-state index in [0.29, 0.717) is 58.9 Å². The molecular weight excluding hydrogens is 493 g/mol. The number of carbonyl (C=O) groups excluding carboxylic acids is 1. The number of rotatable bonds is 6. The number of sulfonamides is 1. The largest absolute Gasteiger partial charge is 0.322 e. The Labute approximate surface area is 210 Å². The van der Waals surface area contributed by atoms with Gasteiger partial charge in [-0.1, -0.05) is 53.0 Å². The van der Waals surface area contributed by atoms with E-state index >= 15 is 0 Å². The molecule has 0 spiro atoms. The molecule has 4 rings (SSSR count). The summed E-state index contributed by atoms with van der Waals surface area (Å²) < 4.78 is 27.4. The van der Waals surface area contributed by atoms with Crippen LogP contribution in [-0.4, -0.2) is 49.7 Å². The minimum absolute atomic E-state index is 0.241. The standard InChI is InChI=1S/C25H25Cl2N3O3S/c1-18-5-8-22(9-6-18)34(32,33)30-13-11-29(12-14-30)17-19-3-2-4-20(15-19)25(31)28-21-7-10-23(26)24(27)16-21/h2-10,15-16H,11-14,17H2,1H3,(H,28,31). The molecule has 0 unspecified atom stereocenters. The lowest BCUT2D eigenvalue weighted by Gasteiger charge is -2.34. The quantitative estimate of drug-likeness (QED) is 0.496. The molecule has 1 saturated heterocycles. The zero-order chi connectivity index (χ0) is 24.3. The monoisotopic (exact) mass is 517 g/mol. The molecule has 1 aliphatic rings. The third-order valence-electron chi connectivity index (χ3n) is 5.76. The number of carbonyl (C=O) groups is 1. The Hall–Kier alpha value is -2.42. The van der Waals surface area contributed by atoms with Crippen LogP contribution in [0, 0.1) is 6.92 Å². The maximum absolute atomic E-state index is 12.9. The van der Waals surface area contributed by atoms with Crippen molar-refractivity contribution in [3.8, 4) is 0 Å². The molecule has 9 heteroatoms. The van der Waals surface area contributed by atoms with Gasteiger partial charge < -0.3 is 5.32 Å². The van der Waals surface area contributed by atoms with E-state index in [1.165, 1.54) is 4.31 Å². The average molecular weight is 518 g/mol. The Kier molecular flexibility index (Phi) is 7.60. The zero-order valence-corrected chi connectivity index (χ0v) is 21.0. The van der Waals surface area contributed by atoms with Gasteiger partial charge in [0, 0.05) is 44.0 Å². The fourth-order valence-electron chi connectivity index (χ4n) is 3.83. The molecule has 1 fully saturated rings. The van der Waals surface area contributed by atoms with Crippen LogP contribution in [0.2, 0.25) is 10.0 Å². The first-order valence-corrected chi connectivity index (χ1v) is 13.1. The van der Waals surface area contributed by atoms with Gasteiger partial charge in [-0.25, -0.2) is 8.42 Å². The molecule has 0 saturated carbocycles. The molecule has 0 aliphatic carbocycles. The molecule has 6 nitrogen and oxygen atoms in total. The molecule has 0 atom stereocenters. The van der Waals surface area contributed by atoms with Crippen molar-refractivity contribution in [3.63, 3.8) is 0 Å². The molecule has 0 radical (unpaired) electrons. The van der Waals surface area contributed by atoms with Crippen molar-refractivity contribution in [1.82, 2.24) is 9.21 Å². The lowest BCUT2D eigenvalue weighted by Crippen LogP contribution is -2.48. The van der Waals surface area contributed by atoms with Crippen molar-refractivity contribution in [2.24, 2.45) is 0 Å². The summed E-state index contributed by atoms with van der Waals surface area (Å²) in [7, 11) is -3.49. The molecule has 34 heavy (non-hydrogen) atoms. The van der Waals surface area contributed by atoms with Crippen molar-refractivity contribution in [2.45, 2.75) is 18.4 Å². The number of aryl methyl sites for hydroxylation is 1. The molecule has 0 bridgehead atoms. The van der Waals surface area contributed by atoms with E-state index in [4.69, 9.17) is 23.2 Å². The minimum Gasteiger partial charge on any atom is -0.322 e. The summed E-state index contributed by atoms with van der Waals surface area (Å²) in [5.74, 6) is -0.241. The molecule has 1 heterocycles. The Bertz CT molecular complexity index is 1290. The van der Waals surface area contributed by atoms with E-state index in [-0.39, 0.29) is 5.91 Å². The van der Waals surface area contributed by atoms with Crippen LogP contribution in [-0.2, 0) is 16.6 Å². The van der Waals surface area contributed by atoms with Gasteiger partial charge in [-0.2, -0.15) is 4.31 Å². The maximum Gasteiger partial charge on any atom is 0.255 e. The van der Waals surface area contributed by atoms with Gasteiger partial charge >= 0.3 is 0 Å². The summed E-state index contributed by atoms with van der Waals surface area (Å²) >= 11 is 12.0. The van der Waals surface area contributed by atoms with E-state index in [0.717, 1.165) is 11.1 Å². The van der Waals surface area contributed by atoms with Crippen LogP contribution >= 0.6 is 23.2 Å². The first-order valence-electron chi connectivity index (χ1n) is 10.9. The lowest BCUT2D eigenvalue weighted by molar-refractivity contribution is 0.102. The minimum atomic E-state index is -3.49. The van der Waals surface area contributed by atoms with Crippen molar-refractivity contribution >= 4 is 44.8 Å². The number of hydrogen-bond acceptors (Lipinski definition) is 4. The molecule has 3 aromatic carbocycles. The second kappa shape index (κ2) is 10.5. The number of benzene rings is 3. The molecule has 1 amide bonds. The van der Waals surface area contributed by atoms with Gasteiger partial charge in [-0.15, -0.1) is 0 Å². The second-order valence-electron chi connectivity index (χ2n) is 8.28. The predicted octanol–water partition coefficient (Wildman–Crippen LogP) is 5.06. The highest BCUT2D eigenvalue weighted by Crippen LogP contribution is 2.25. The topological polar surface area (TPSA) is 69.7 Å². The highest BCUT2D eigenvalue weighted by atomic mass is 35.5. The Morgan fingerprint density at radius 1 is 0.912 bits per heavy atom. The zero-order valence-electron chi connectivity index (χ0n) is 18.7. The summed E-state index contributed by atoms with van der Waals surface area (Å²) in [6.45, 7) is 4.64. The van der Waals surface area contributed by atoms with Crippen LogP contribution in [0.5, 0.6) is 0 Å². The highest BCUT2D eigenvalue weighted by molar-refractivity contribution is 7.89. The molecule has 0 aromatic heterocycles. The predicted molar refractivity (Wildman–Crippen MR) is 136 cm³/mol. The van der Waals surface area contributed by atoms with Gasteiger partial charge in [0.15, 0.2) is 0 Å². The smallest absolute Gasteiger partial charge is 0.255 e. The number of piperazine rings is 1. The fraction of sp³-hybridized carbons (Fsp3) is 0.240. The SMILES string of the molecule is Cc1ccc(S(=O)(=O)N2CCN(Cc3cccc(C(=O)Nc4ccc(Cl)c(Cl)c4)c3)CC2)cc1. The van der Waals surface area contributed by atoms with Crippen molar-refractivity contribution in [2.75, 3.05) is 31.5 Å². The first-order chi connectivity index (χ1) is 16.2. The van der Waals surface area contributed by atoms with E-state index in [1.54, 1.807) is 36.4 Å². The average Bonchev–Trinajstić information content (AvgIpc) is 2.82. The van der Waals surface area contributed by atoms with Crippen LogP contribution in [0.1, 0.15) is 21.5 Å². The Morgan fingerprint density at radius 2 is 1.62 bits per heavy atom. The third-order valence-corrected chi connectivity index (χ3v) is 8.41. The van der Waals surface area contributed by atoms with Gasteiger partial charge in [0.2, 0.25) is 10.0 Å². The maximum atomic E-state index is 12.9. The van der Waals surface area contributed by atoms with Crippen LogP contribution < -0.4 is 5.32 Å². The van der Waals surface area contributed by atoms with Gasteiger partial charge in [0.25, 0.3) is 5.91 Å². The van der Waals surface area contributed by atoms with Gasteiger partial charge in [0.1, 0.15) is 0 Å². The van der Waals surface area contributed by atoms with Gasteiger partial charge in [-0.3, -0.25) is 9.69 Å². The van der Waals surface area contributed by atoms with Gasteiger partial charge in [-0.05, 0) is 55.0 Å². The Balaban J connectivity index is 1.36. The van der Waals surface area contributed by atoms with E-state index in [2.05, 4.69) is 10.2 Å². The van der Waals surface area contributed by atoms with Gasteiger partial charge in [0.05, 0.1) is 14.9 Å². The van der Waals surface area contributed by atoms with Crippen LogP contribution in [0.3, 0.4) is 0 Å². The first kappa shape index (κ1) is 24.7. The molecule has 1 N–H and O–H groups in total. The summed E-state index contributed by atoms with van der Waals surface area (Å²) in [4.78, 5) is 15.2. The molecule has 178 valence electrons. The molecule has 1 aliphatic heterocycles. The van der Waals surface area contributed by atoms with E-state index < -0.39 is 10.0 Å². The summed E-state index contributed by atoms with van der Waals surface area (Å²) in [5.41, 5.74) is 3.10. The number of nitrogens with one attached hydrogen (secondary N) is 1. The second-order valence-corrected chi connectivity index (χ2v) is 11.0. The number of hydrogen-bond donors (Lipinski definition) is 1. The van der Waals surface area contributed by atoms with Crippen LogP contribution in [0.4, 0.5) is 5.69 Å². The van der Waals surface area contributed by atoms with E-state index in [9.17, 15) is 13.2 Å². The number of amides is 1. The molecule has 3 aromatic rings. The van der Waals surface area contributed by atoms with E-state index in [1.807, 2.05) is 37.3 Å². The Morgan fingerprint density at radius 3 is 2.29 bits per heavy atom. The fourth-order valence-corrected chi connectivity index (χ4v) is 5.55. The number of nitrogens with zero attached hydrogens (tertiary/aromatic N) is 2. The van der Waals surface area contributed by atoms with Crippen LogP contribution in [0.15, 0.2) is 71.6 Å². The van der Waals surface area contributed by atoms with Crippen molar-refractivity contribution in [3.05, 3.63) is 93.5 Å². The summed E-state index contributed by atoms with van der Waals surface area (Å²) in [5, 5.41) is 3.63. The highest BCUT2D eigenvalue weighted by Gasteiger charge is 2.28. The van der Waals surface area contributed by atoms with Crippen molar-refractivity contribution < 1.29 is 13.2 Å². The summed E-state index contributed by atoms with van der Waals surface area (Å²) in [6, 6.07) is 19.3. The van der Waals surface area contributed by atoms with Crippen molar-refractivity contribution in [1.29, 1.82) is 0 Å². The molecular formula is C25H25Cl2N3O3S. The summed E-state index contributed by atoms with van der Waals surface area (Å²) in [6.07, 6.45) is 0. The number of anilines is 1. The third kappa shape index (κ3) is 5.79. The normalized spacial score (nSPS) is 15.3. The lowest BCUT2D eigenvalue weighted by atomic mass is 10.1. The van der Waals surface area contributed by atoms with Crippen LogP contribution in [0.25, 0.3) is 0 Å².